The number of hydrogen-bond acceptors (Lipinski definition) is 2. The summed E-state index contributed by atoms with van der Waals surface area (Å²) in [6.07, 6.45) is 1.79. The molecule has 1 heterocycles. The maximum Gasteiger partial charge on any atom is 0.174 e. The summed E-state index contributed by atoms with van der Waals surface area (Å²) in [7, 11) is 0. The molecule has 4 heteroatoms. The Balaban J connectivity index is 1.79. The van der Waals surface area contributed by atoms with Gasteiger partial charge < -0.3 is 9.72 Å². The number of hydrogen-bond donors (Lipinski definition) is 1. The molecule has 3 nitrogen and oxygen atoms in total. The van der Waals surface area contributed by atoms with Crippen molar-refractivity contribution >= 4 is 15.9 Å². The summed E-state index contributed by atoms with van der Waals surface area (Å²) in [5.74, 6) is 1.65. The van der Waals surface area contributed by atoms with E-state index in [1.165, 1.54) is 0 Å². The number of ether oxygens (including phenoxy) is 1. The van der Waals surface area contributed by atoms with Crippen molar-refractivity contribution in [3.05, 3.63) is 65.5 Å². The van der Waals surface area contributed by atoms with E-state index in [1.54, 1.807) is 6.20 Å². The molecule has 0 aliphatic heterocycles. The van der Waals surface area contributed by atoms with Gasteiger partial charge in [0, 0.05) is 0 Å². The molecule has 0 bridgehead atoms. The molecule has 0 unspecified atom stereocenters. The highest BCUT2D eigenvalue weighted by Gasteiger charge is 2.02. The van der Waals surface area contributed by atoms with Crippen molar-refractivity contribution in [2.75, 3.05) is 0 Å². The lowest BCUT2D eigenvalue weighted by Crippen LogP contribution is -1.84. The molecule has 0 spiro atoms. The summed E-state index contributed by atoms with van der Waals surface area (Å²) in [5.41, 5.74) is 2.04. The molecule has 0 aliphatic rings. The van der Waals surface area contributed by atoms with Crippen molar-refractivity contribution in [1.82, 2.24) is 9.97 Å². The van der Waals surface area contributed by atoms with Gasteiger partial charge in [0.2, 0.25) is 0 Å². The second-order valence-electron chi connectivity index (χ2n) is 4.03. The normalized spacial score (nSPS) is 10.4. The number of aromatic amines is 1. The molecule has 0 amide bonds. The lowest BCUT2D eigenvalue weighted by Gasteiger charge is -2.05. The van der Waals surface area contributed by atoms with Crippen LogP contribution in [0.5, 0.6) is 11.5 Å². The number of imidazole rings is 1. The Morgan fingerprint density at radius 1 is 0.895 bits per heavy atom. The summed E-state index contributed by atoms with van der Waals surface area (Å²) in [4.78, 5) is 7.24. The fraction of sp³-hybridized carbons (Fsp3) is 0. The molecule has 0 atom stereocenters. The summed E-state index contributed by atoms with van der Waals surface area (Å²) in [6.45, 7) is 0. The van der Waals surface area contributed by atoms with Gasteiger partial charge in [0.1, 0.15) is 11.5 Å². The summed E-state index contributed by atoms with van der Waals surface area (Å²) in [6, 6.07) is 17.6. The van der Waals surface area contributed by atoms with E-state index in [1.807, 2.05) is 54.6 Å². The minimum atomic E-state index is 0.729. The number of halogens is 1. The lowest BCUT2D eigenvalue weighted by molar-refractivity contribution is 0.483. The Kier molecular flexibility index (Phi) is 3.33. The Morgan fingerprint density at radius 3 is 2.21 bits per heavy atom. The first-order valence-electron chi connectivity index (χ1n) is 5.85. The number of nitrogens with zero attached hydrogens (tertiary/aromatic N) is 1. The Labute approximate surface area is 119 Å². The van der Waals surface area contributed by atoms with E-state index in [4.69, 9.17) is 4.74 Å². The highest BCUT2D eigenvalue weighted by atomic mass is 79.9. The minimum absolute atomic E-state index is 0.729. The molecular weight excluding hydrogens is 304 g/mol. The highest BCUT2D eigenvalue weighted by molar-refractivity contribution is 9.10. The van der Waals surface area contributed by atoms with Gasteiger partial charge in [-0.25, -0.2) is 4.98 Å². The van der Waals surface area contributed by atoms with Crippen LogP contribution in [0.3, 0.4) is 0 Å². The fourth-order valence-electron chi connectivity index (χ4n) is 1.77. The minimum Gasteiger partial charge on any atom is -0.457 e. The number of rotatable bonds is 3. The van der Waals surface area contributed by atoms with Crippen LogP contribution in [-0.4, -0.2) is 9.97 Å². The maximum atomic E-state index is 5.74. The van der Waals surface area contributed by atoms with Gasteiger partial charge in [0.25, 0.3) is 0 Å². The van der Waals surface area contributed by atoms with Crippen LogP contribution in [0.25, 0.3) is 11.3 Å². The van der Waals surface area contributed by atoms with E-state index >= 15 is 0 Å². The standard InChI is InChI=1S/C15H11BrN2O/c16-15-17-10-14(18-15)11-6-8-13(9-7-11)19-12-4-2-1-3-5-12/h1-10H,(H,17,18). The number of para-hydroxylation sites is 1. The maximum absolute atomic E-state index is 5.74. The molecule has 0 saturated heterocycles. The van der Waals surface area contributed by atoms with Gasteiger partial charge in [-0.1, -0.05) is 18.2 Å². The number of aromatic nitrogens is 2. The Morgan fingerprint density at radius 2 is 1.58 bits per heavy atom. The van der Waals surface area contributed by atoms with Crippen molar-refractivity contribution in [1.29, 1.82) is 0 Å². The third-order valence-electron chi connectivity index (χ3n) is 2.69. The molecule has 94 valence electrons. The van der Waals surface area contributed by atoms with Crippen LogP contribution in [0.15, 0.2) is 65.5 Å². The van der Waals surface area contributed by atoms with Crippen molar-refractivity contribution in [3.8, 4) is 22.8 Å². The van der Waals surface area contributed by atoms with E-state index in [2.05, 4.69) is 25.9 Å². The van der Waals surface area contributed by atoms with Crippen molar-refractivity contribution < 1.29 is 4.74 Å². The molecule has 1 N–H and O–H groups in total. The van der Waals surface area contributed by atoms with Crippen LogP contribution in [0.4, 0.5) is 0 Å². The third kappa shape index (κ3) is 2.85. The first-order valence-corrected chi connectivity index (χ1v) is 6.64. The van der Waals surface area contributed by atoms with E-state index < -0.39 is 0 Å². The lowest BCUT2D eigenvalue weighted by atomic mass is 10.2. The van der Waals surface area contributed by atoms with Crippen molar-refractivity contribution in [2.24, 2.45) is 0 Å². The quantitative estimate of drug-likeness (QED) is 0.765. The first kappa shape index (κ1) is 12.0. The summed E-state index contributed by atoms with van der Waals surface area (Å²) in [5, 5.41) is 0. The number of benzene rings is 2. The SMILES string of the molecule is Brc1ncc(-c2ccc(Oc3ccccc3)cc2)[nH]1. The molecule has 0 radical (unpaired) electrons. The largest absolute Gasteiger partial charge is 0.457 e. The van der Waals surface area contributed by atoms with Gasteiger partial charge in [0.05, 0.1) is 11.9 Å². The molecule has 3 rings (SSSR count). The van der Waals surface area contributed by atoms with Crippen LogP contribution < -0.4 is 4.74 Å². The van der Waals surface area contributed by atoms with Gasteiger partial charge in [-0.2, -0.15) is 0 Å². The van der Waals surface area contributed by atoms with Crippen molar-refractivity contribution in [2.45, 2.75) is 0 Å². The zero-order chi connectivity index (χ0) is 13.1. The molecule has 0 fully saturated rings. The molecule has 0 saturated carbocycles. The van der Waals surface area contributed by atoms with Gasteiger partial charge in [-0.05, 0) is 57.9 Å². The number of nitrogens with one attached hydrogen (secondary N) is 1. The van der Waals surface area contributed by atoms with E-state index in [0.717, 1.165) is 27.5 Å². The predicted molar refractivity (Wildman–Crippen MR) is 78.2 cm³/mol. The van der Waals surface area contributed by atoms with Crippen LogP contribution in [-0.2, 0) is 0 Å². The second kappa shape index (κ2) is 5.28. The zero-order valence-electron chi connectivity index (χ0n) is 10.0. The average Bonchev–Trinajstić information content (AvgIpc) is 2.87. The van der Waals surface area contributed by atoms with Gasteiger partial charge in [0.15, 0.2) is 4.73 Å². The van der Waals surface area contributed by atoms with Crippen LogP contribution >= 0.6 is 15.9 Å². The molecule has 1 aromatic heterocycles. The molecule has 2 aromatic carbocycles. The molecule has 0 aliphatic carbocycles. The van der Waals surface area contributed by atoms with E-state index in [9.17, 15) is 0 Å². The average molecular weight is 315 g/mol. The Bertz CT molecular complexity index is 662. The fourth-order valence-corrected chi connectivity index (χ4v) is 2.09. The molecular formula is C15H11BrN2O. The third-order valence-corrected chi connectivity index (χ3v) is 3.09. The summed E-state index contributed by atoms with van der Waals surface area (Å²) >= 11 is 3.30. The van der Waals surface area contributed by atoms with Crippen LogP contribution in [0.2, 0.25) is 0 Å². The second-order valence-corrected chi connectivity index (χ2v) is 4.78. The van der Waals surface area contributed by atoms with Gasteiger partial charge in [-0.3, -0.25) is 0 Å². The molecule has 3 aromatic rings. The highest BCUT2D eigenvalue weighted by Crippen LogP contribution is 2.25. The number of H-pyrrole nitrogens is 1. The van der Waals surface area contributed by atoms with Crippen molar-refractivity contribution in [3.63, 3.8) is 0 Å². The van der Waals surface area contributed by atoms with Crippen LogP contribution in [0.1, 0.15) is 0 Å². The van der Waals surface area contributed by atoms with Gasteiger partial charge >= 0.3 is 0 Å². The predicted octanol–water partition coefficient (Wildman–Crippen LogP) is 4.63. The smallest absolute Gasteiger partial charge is 0.174 e. The zero-order valence-corrected chi connectivity index (χ0v) is 11.6. The van der Waals surface area contributed by atoms with E-state index in [0.29, 0.717) is 0 Å². The van der Waals surface area contributed by atoms with Gasteiger partial charge in [-0.15, -0.1) is 0 Å². The topological polar surface area (TPSA) is 37.9 Å². The van der Waals surface area contributed by atoms with Crippen LogP contribution in [0, 0.1) is 0 Å². The first-order chi connectivity index (χ1) is 9.31. The molecule has 19 heavy (non-hydrogen) atoms. The monoisotopic (exact) mass is 314 g/mol. The van der Waals surface area contributed by atoms with E-state index in [-0.39, 0.29) is 0 Å². The summed E-state index contributed by atoms with van der Waals surface area (Å²) < 4.78 is 6.47. The Hall–Kier alpha value is -2.07.